The Hall–Kier alpha value is -0.850. The minimum atomic E-state index is -0.505. The van der Waals surface area contributed by atoms with Crippen LogP contribution >= 0.6 is 0 Å². The van der Waals surface area contributed by atoms with Crippen LogP contribution in [0.25, 0.3) is 0 Å². The van der Waals surface area contributed by atoms with Crippen molar-refractivity contribution in [2.45, 2.75) is 38.9 Å². The lowest BCUT2D eigenvalue weighted by atomic mass is 9.95. The zero-order chi connectivity index (χ0) is 14.5. The van der Waals surface area contributed by atoms with Crippen LogP contribution in [-0.4, -0.2) is 61.4 Å². The fourth-order valence-corrected chi connectivity index (χ4v) is 2.05. The maximum atomic E-state index is 12.0. The Morgan fingerprint density at radius 1 is 1.42 bits per heavy atom. The minimum absolute atomic E-state index is 0.0202. The van der Waals surface area contributed by atoms with Gasteiger partial charge in [-0.05, 0) is 27.2 Å². The average molecular weight is 275 g/mol. The second kappa shape index (κ2) is 7.07. The number of amides is 1. The van der Waals surface area contributed by atoms with E-state index in [1.54, 1.807) is 12.0 Å². The molecule has 0 aromatic heterocycles. The second-order valence-corrected chi connectivity index (χ2v) is 5.77. The summed E-state index contributed by atoms with van der Waals surface area (Å²) >= 11 is 0. The molecule has 19 heavy (non-hydrogen) atoms. The van der Waals surface area contributed by atoms with E-state index in [2.05, 4.69) is 0 Å². The van der Waals surface area contributed by atoms with Crippen molar-refractivity contribution < 1.29 is 24.1 Å². The van der Waals surface area contributed by atoms with Gasteiger partial charge in [-0.25, -0.2) is 4.79 Å². The highest BCUT2D eigenvalue weighted by Gasteiger charge is 2.33. The molecule has 2 unspecified atom stereocenters. The first kappa shape index (κ1) is 16.2. The average Bonchev–Trinajstić information content (AvgIpc) is 2.34. The van der Waals surface area contributed by atoms with Gasteiger partial charge < -0.3 is 24.2 Å². The van der Waals surface area contributed by atoms with E-state index in [0.29, 0.717) is 19.5 Å². The molecule has 1 aliphatic rings. The van der Waals surface area contributed by atoms with Gasteiger partial charge in [-0.1, -0.05) is 0 Å². The second-order valence-electron chi connectivity index (χ2n) is 5.77. The fourth-order valence-electron chi connectivity index (χ4n) is 2.05. The highest BCUT2D eigenvalue weighted by Crippen LogP contribution is 2.22. The third-order valence-electron chi connectivity index (χ3n) is 2.95. The van der Waals surface area contributed by atoms with Crippen molar-refractivity contribution in [2.75, 3.05) is 33.6 Å². The van der Waals surface area contributed by atoms with Gasteiger partial charge in [0.05, 0.1) is 12.7 Å². The van der Waals surface area contributed by atoms with Crippen LogP contribution in [0.5, 0.6) is 0 Å². The molecule has 1 fully saturated rings. The fraction of sp³-hybridized carbons (Fsp3) is 0.923. The van der Waals surface area contributed by atoms with Crippen LogP contribution in [0.15, 0.2) is 0 Å². The van der Waals surface area contributed by atoms with Crippen molar-refractivity contribution in [3.05, 3.63) is 0 Å². The normalized spacial score (nSPS) is 24.4. The molecule has 0 spiro atoms. The van der Waals surface area contributed by atoms with Crippen molar-refractivity contribution in [1.29, 1.82) is 0 Å². The first-order chi connectivity index (χ1) is 8.87. The van der Waals surface area contributed by atoms with Crippen LogP contribution < -0.4 is 0 Å². The maximum Gasteiger partial charge on any atom is 0.410 e. The molecule has 0 bridgehead atoms. The van der Waals surface area contributed by atoms with Crippen molar-refractivity contribution in [3.8, 4) is 0 Å². The maximum absolute atomic E-state index is 12.0. The number of likely N-dealkylation sites (tertiary alicyclic amines) is 1. The summed E-state index contributed by atoms with van der Waals surface area (Å²) in [7, 11) is 1.56. The van der Waals surface area contributed by atoms with E-state index < -0.39 is 5.60 Å². The van der Waals surface area contributed by atoms with Crippen molar-refractivity contribution in [3.63, 3.8) is 0 Å². The Labute approximate surface area is 114 Å². The zero-order valence-corrected chi connectivity index (χ0v) is 12.2. The lowest BCUT2D eigenvalue weighted by Gasteiger charge is -2.37. The molecule has 6 nitrogen and oxygen atoms in total. The topological polar surface area (TPSA) is 68.2 Å². The predicted molar refractivity (Wildman–Crippen MR) is 69.7 cm³/mol. The first-order valence-corrected chi connectivity index (χ1v) is 6.56. The smallest absolute Gasteiger partial charge is 0.410 e. The van der Waals surface area contributed by atoms with Gasteiger partial charge in [-0.15, -0.1) is 0 Å². The summed E-state index contributed by atoms with van der Waals surface area (Å²) < 4.78 is 15.7. The zero-order valence-electron chi connectivity index (χ0n) is 12.2. The Kier molecular flexibility index (Phi) is 6.03. The molecule has 0 saturated carbocycles. The Morgan fingerprint density at radius 2 is 2.11 bits per heavy atom. The lowest BCUT2D eigenvalue weighted by Crippen LogP contribution is -2.49. The van der Waals surface area contributed by atoms with Gasteiger partial charge >= 0.3 is 6.09 Å². The molecule has 0 aliphatic carbocycles. The van der Waals surface area contributed by atoms with E-state index in [1.165, 1.54) is 0 Å². The third-order valence-corrected chi connectivity index (χ3v) is 2.95. The van der Waals surface area contributed by atoms with Crippen LogP contribution in [0.4, 0.5) is 4.79 Å². The van der Waals surface area contributed by atoms with E-state index in [-0.39, 0.29) is 31.5 Å². The van der Waals surface area contributed by atoms with Gasteiger partial charge in [0, 0.05) is 26.1 Å². The van der Waals surface area contributed by atoms with E-state index in [9.17, 15) is 9.90 Å². The summed E-state index contributed by atoms with van der Waals surface area (Å²) in [6.45, 7) is 6.70. The summed E-state index contributed by atoms with van der Waals surface area (Å²) in [6, 6.07) is 0. The van der Waals surface area contributed by atoms with Gasteiger partial charge in [0.25, 0.3) is 0 Å². The largest absolute Gasteiger partial charge is 0.444 e. The number of aliphatic hydroxyl groups excluding tert-OH is 1. The summed E-state index contributed by atoms with van der Waals surface area (Å²) in [4.78, 5) is 13.6. The van der Waals surface area contributed by atoms with Gasteiger partial charge in [-0.2, -0.15) is 0 Å². The molecule has 0 aromatic rings. The van der Waals surface area contributed by atoms with E-state index in [4.69, 9.17) is 14.2 Å². The highest BCUT2D eigenvalue weighted by atomic mass is 16.7. The summed E-state index contributed by atoms with van der Waals surface area (Å²) in [6.07, 6.45) is 0.258. The minimum Gasteiger partial charge on any atom is -0.444 e. The molecule has 1 rings (SSSR count). The van der Waals surface area contributed by atoms with Crippen LogP contribution in [0, 0.1) is 5.92 Å². The molecule has 0 radical (unpaired) electrons. The molecule has 1 heterocycles. The Balaban J connectivity index is 2.51. The molecule has 1 saturated heterocycles. The predicted octanol–water partition coefficient (Wildman–Crippen LogP) is 1.22. The number of ether oxygens (including phenoxy) is 3. The van der Waals surface area contributed by atoms with E-state index >= 15 is 0 Å². The number of hydrogen-bond donors (Lipinski definition) is 1. The lowest BCUT2D eigenvalue weighted by molar-refractivity contribution is -0.117. The number of carbonyl (C=O) groups excluding carboxylic acids is 1. The Morgan fingerprint density at radius 3 is 2.63 bits per heavy atom. The monoisotopic (exact) mass is 275 g/mol. The van der Waals surface area contributed by atoms with Gasteiger partial charge in [0.15, 0.2) is 0 Å². The molecular weight excluding hydrogens is 250 g/mol. The molecule has 2 atom stereocenters. The number of rotatable bonds is 4. The number of hydrogen-bond acceptors (Lipinski definition) is 5. The van der Waals surface area contributed by atoms with Crippen LogP contribution in [0.3, 0.4) is 0 Å². The molecule has 0 aromatic carbocycles. The number of carbonyl (C=O) groups is 1. The number of piperidine rings is 1. The van der Waals surface area contributed by atoms with Crippen LogP contribution in [-0.2, 0) is 14.2 Å². The summed E-state index contributed by atoms with van der Waals surface area (Å²) in [5.41, 5.74) is -0.505. The van der Waals surface area contributed by atoms with Crippen molar-refractivity contribution >= 4 is 6.09 Å². The molecule has 1 amide bonds. The molecule has 1 N–H and O–H groups in total. The van der Waals surface area contributed by atoms with E-state index in [0.717, 1.165) is 0 Å². The van der Waals surface area contributed by atoms with Gasteiger partial charge in [0.1, 0.15) is 12.4 Å². The Bertz CT molecular complexity index is 289. The molecule has 112 valence electrons. The van der Waals surface area contributed by atoms with Gasteiger partial charge in [-0.3, -0.25) is 0 Å². The quantitative estimate of drug-likeness (QED) is 0.781. The van der Waals surface area contributed by atoms with Crippen molar-refractivity contribution in [2.24, 2.45) is 5.92 Å². The number of nitrogens with zero attached hydrogens (tertiary/aromatic N) is 1. The SMILES string of the molecule is COCOC1CCN(C(=O)OC(C)(C)C)CC1CO. The molecule has 1 aliphatic heterocycles. The summed E-state index contributed by atoms with van der Waals surface area (Å²) in [5.74, 6) is -0.101. The van der Waals surface area contributed by atoms with E-state index in [1.807, 2.05) is 20.8 Å². The highest BCUT2D eigenvalue weighted by molar-refractivity contribution is 5.68. The standard InChI is InChI=1S/C13H25NO5/c1-13(2,3)19-12(16)14-6-5-11(18-9-17-4)10(7-14)8-15/h10-11,15H,5-9H2,1-4H3. The van der Waals surface area contributed by atoms with Gasteiger partial charge in [0.2, 0.25) is 0 Å². The first-order valence-electron chi connectivity index (χ1n) is 6.56. The van der Waals surface area contributed by atoms with Crippen LogP contribution in [0.1, 0.15) is 27.2 Å². The number of methoxy groups -OCH3 is 1. The summed E-state index contributed by atoms with van der Waals surface area (Å²) in [5, 5.41) is 9.39. The van der Waals surface area contributed by atoms with Crippen molar-refractivity contribution in [1.82, 2.24) is 4.90 Å². The third kappa shape index (κ3) is 5.34. The van der Waals surface area contributed by atoms with Crippen LogP contribution in [0.2, 0.25) is 0 Å². The molecular formula is C13H25NO5. The molecule has 6 heteroatoms. The number of aliphatic hydroxyl groups is 1.